The van der Waals surface area contributed by atoms with Crippen molar-refractivity contribution >= 4 is 17.0 Å². The minimum absolute atomic E-state index is 0.0114. The highest BCUT2D eigenvalue weighted by atomic mass is 16.6. The SMILES string of the molecule is COc1cc(C(=O)c2cc(OCC(C)O)c3ccccn23)ccc1[N+](=O)[O-]. The number of aliphatic hydroxyl groups is 1. The number of carbonyl (C=O) groups excluding carboxylic acids is 1. The minimum atomic E-state index is -0.651. The number of nitro groups is 1. The van der Waals surface area contributed by atoms with E-state index in [1.807, 2.05) is 6.07 Å². The highest BCUT2D eigenvalue weighted by Crippen LogP contribution is 2.30. The zero-order valence-corrected chi connectivity index (χ0v) is 14.8. The normalized spacial score (nSPS) is 12.0. The average molecular weight is 370 g/mol. The smallest absolute Gasteiger partial charge is 0.310 e. The van der Waals surface area contributed by atoms with Crippen LogP contribution in [-0.4, -0.2) is 40.0 Å². The molecular formula is C19H18N2O6. The zero-order valence-electron chi connectivity index (χ0n) is 14.8. The van der Waals surface area contributed by atoms with Crippen LogP contribution in [0, 0.1) is 10.1 Å². The maximum atomic E-state index is 13.0. The van der Waals surface area contributed by atoms with Crippen molar-refractivity contribution in [3.63, 3.8) is 0 Å². The summed E-state index contributed by atoms with van der Waals surface area (Å²) in [6.07, 6.45) is 1.07. The summed E-state index contributed by atoms with van der Waals surface area (Å²) in [5.74, 6) is 0.141. The molecule has 0 spiro atoms. The van der Waals surface area contributed by atoms with Gasteiger partial charge in [-0.1, -0.05) is 6.07 Å². The van der Waals surface area contributed by atoms with E-state index >= 15 is 0 Å². The van der Waals surface area contributed by atoms with E-state index in [4.69, 9.17) is 9.47 Å². The molecule has 1 aromatic carbocycles. The van der Waals surface area contributed by atoms with Crippen LogP contribution in [0.25, 0.3) is 5.52 Å². The molecule has 0 aliphatic rings. The molecule has 1 unspecified atom stereocenters. The molecule has 8 nitrogen and oxygen atoms in total. The van der Waals surface area contributed by atoms with Gasteiger partial charge >= 0.3 is 5.69 Å². The average Bonchev–Trinajstić information content (AvgIpc) is 3.04. The molecule has 1 atom stereocenters. The van der Waals surface area contributed by atoms with E-state index in [-0.39, 0.29) is 29.4 Å². The first-order valence-corrected chi connectivity index (χ1v) is 8.20. The molecule has 0 fully saturated rings. The molecule has 0 aliphatic heterocycles. The number of aromatic nitrogens is 1. The van der Waals surface area contributed by atoms with Crippen molar-refractivity contribution in [2.24, 2.45) is 0 Å². The van der Waals surface area contributed by atoms with Gasteiger partial charge in [0.15, 0.2) is 5.75 Å². The van der Waals surface area contributed by atoms with Crippen LogP contribution in [0.3, 0.4) is 0 Å². The molecule has 0 amide bonds. The zero-order chi connectivity index (χ0) is 19.6. The lowest BCUT2D eigenvalue weighted by Crippen LogP contribution is -2.12. The number of hydrogen-bond acceptors (Lipinski definition) is 6. The fourth-order valence-electron chi connectivity index (χ4n) is 2.74. The molecule has 0 saturated heterocycles. The van der Waals surface area contributed by atoms with Crippen LogP contribution in [0.2, 0.25) is 0 Å². The molecule has 27 heavy (non-hydrogen) atoms. The third-order valence-electron chi connectivity index (χ3n) is 3.99. The number of aliphatic hydroxyl groups excluding tert-OH is 1. The van der Waals surface area contributed by atoms with Crippen LogP contribution < -0.4 is 9.47 Å². The van der Waals surface area contributed by atoms with Crippen molar-refractivity contribution < 1.29 is 24.3 Å². The highest BCUT2D eigenvalue weighted by molar-refractivity contribution is 6.09. The number of ketones is 1. The van der Waals surface area contributed by atoms with E-state index in [1.54, 1.807) is 35.7 Å². The topological polar surface area (TPSA) is 103 Å². The summed E-state index contributed by atoms with van der Waals surface area (Å²) >= 11 is 0. The number of rotatable bonds is 7. The number of ether oxygens (including phenoxy) is 2. The van der Waals surface area contributed by atoms with Gasteiger partial charge in [0.2, 0.25) is 5.78 Å². The maximum Gasteiger partial charge on any atom is 0.310 e. The second-order valence-electron chi connectivity index (χ2n) is 5.98. The highest BCUT2D eigenvalue weighted by Gasteiger charge is 2.21. The number of methoxy groups -OCH3 is 1. The molecule has 0 aliphatic carbocycles. The van der Waals surface area contributed by atoms with Gasteiger partial charge in [-0.3, -0.25) is 14.9 Å². The van der Waals surface area contributed by atoms with Gasteiger partial charge in [0.05, 0.1) is 29.3 Å². The number of benzene rings is 1. The monoisotopic (exact) mass is 370 g/mol. The Labute approximate surface area is 154 Å². The van der Waals surface area contributed by atoms with Gasteiger partial charge < -0.3 is 19.0 Å². The van der Waals surface area contributed by atoms with Gasteiger partial charge in [-0.05, 0) is 31.2 Å². The van der Waals surface area contributed by atoms with Crippen LogP contribution in [0.15, 0.2) is 48.7 Å². The van der Waals surface area contributed by atoms with Crippen LogP contribution in [0.5, 0.6) is 11.5 Å². The number of nitrogens with zero attached hydrogens (tertiary/aromatic N) is 2. The fraction of sp³-hybridized carbons (Fsp3) is 0.211. The van der Waals surface area contributed by atoms with Crippen molar-refractivity contribution in [3.8, 4) is 11.5 Å². The van der Waals surface area contributed by atoms with Crippen LogP contribution >= 0.6 is 0 Å². The van der Waals surface area contributed by atoms with Gasteiger partial charge in [0.1, 0.15) is 12.4 Å². The molecule has 8 heteroatoms. The van der Waals surface area contributed by atoms with E-state index < -0.39 is 11.0 Å². The molecule has 2 heterocycles. The first kappa shape index (κ1) is 18.4. The van der Waals surface area contributed by atoms with Crippen molar-refractivity contribution in [3.05, 3.63) is 70.0 Å². The first-order valence-electron chi connectivity index (χ1n) is 8.20. The molecule has 3 aromatic rings. The molecule has 1 N–H and O–H groups in total. The standard InChI is InChI=1S/C19H18N2O6/c1-12(22)11-27-18-10-16(20-8-4-3-5-14(18)20)19(23)13-6-7-15(21(24)25)17(9-13)26-2/h3-10,12,22H,11H2,1-2H3. The Morgan fingerprint density at radius 1 is 1.26 bits per heavy atom. The summed E-state index contributed by atoms with van der Waals surface area (Å²) < 4.78 is 12.3. The lowest BCUT2D eigenvalue weighted by atomic mass is 10.1. The Hall–Kier alpha value is -3.39. The Kier molecular flexibility index (Phi) is 5.09. The summed E-state index contributed by atoms with van der Waals surface area (Å²) in [5, 5.41) is 20.5. The van der Waals surface area contributed by atoms with E-state index in [9.17, 15) is 20.0 Å². The maximum absolute atomic E-state index is 13.0. The number of fused-ring (bicyclic) bond motifs is 1. The summed E-state index contributed by atoms with van der Waals surface area (Å²) in [5.41, 5.74) is 1.05. The summed E-state index contributed by atoms with van der Waals surface area (Å²) in [4.78, 5) is 23.5. The third kappa shape index (κ3) is 3.61. The number of hydrogen-bond donors (Lipinski definition) is 1. The largest absolute Gasteiger partial charge is 0.490 e. The summed E-state index contributed by atoms with van der Waals surface area (Å²) in [7, 11) is 1.31. The van der Waals surface area contributed by atoms with Gasteiger partial charge in [0.25, 0.3) is 0 Å². The number of pyridine rings is 1. The second kappa shape index (κ2) is 7.46. The number of nitro benzene ring substituents is 1. The Bertz CT molecular complexity index is 1010. The lowest BCUT2D eigenvalue weighted by Gasteiger charge is -2.06. The molecule has 0 radical (unpaired) electrons. The van der Waals surface area contributed by atoms with E-state index in [2.05, 4.69) is 0 Å². The summed E-state index contributed by atoms with van der Waals surface area (Å²) in [6, 6.07) is 11.0. The lowest BCUT2D eigenvalue weighted by molar-refractivity contribution is -0.385. The predicted molar refractivity (Wildman–Crippen MR) is 97.7 cm³/mol. The van der Waals surface area contributed by atoms with Gasteiger partial charge in [-0.2, -0.15) is 0 Å². The van der Waals surface area contributed by atoms with Crippen LogP contribution in [-0.2, 0) is 0 Å². The van der Waals surface area contributed by atoms with Crippen molar-refractivity contribution in [2.75, 3.05) is 13.7 Å². The van der Waals surface area contributed by atoms with Gasteiger partial charge in [-0.15, -0.1) is 0 Å². The molecule has 0 saturated carbocycles. The van der Waals surface area contributed by atoms with Crippen LogP contribution in [0.1, 0.15) is 23.0 Å². The first-order chi connectivity index (χ1) is 12.9. The van der Waals surface area contributed by atoms with Gasteiger partial charge in [0, 0.05) is 23.9 Å². The summed E-state index contributed by atoms with van der Waals surface area (Å²) in [6.45, 7) is 1.70. The molecule has 0 bridgehead atoms. The van der Waals surface area contributed by atoms with E-state index in [0.717, 1.165) is 0 Å². The van der Waals surface area contributed by atoms with Crippen LogP contribution in [0.4, 0.5) is 5.69 Å². The molecule has 3 rings (SSSR count). The van der Waals surface area contributed by atoms with E-state index in [1.165, 1.54) is 25.3 Å². The van der Waals surface area contributed by atoms with Crippen molar-refractivity contribution in [1.29, 1.82) is 0 Å². The number of carbonyl (C=O) groups is 1. The second-order valence-corrected chi connectivity index (χ2v) is 5.98. The quantitative estimate of drug-likeness (QED) is 0.390. The van der Waals surface area contributed by atoms with Crippen molar-refractivity contribution in [1.82, 2.24) is 4.40 Å². The molecular weight excluding hydrogens is 352 g/mol. The third-order valence-corrected chi connectivity index (χ3v) is 3.99. The molecule has 140 valence electrons. The van der Waals surface area contributed by atoms with E-state index in [0.29, 0.717) is 17.0 Å². The van der Waals surface area contributed by atoms with Gasteiger partial charge in [-0.25, -0.2) is 0 Å². The van der Waals surface area contributed by atoms with Crippen molar-refractivity contribution in [2.45, 2.75) is 13.0 Å². The minimum Gasteiger partial charge on any atom is -0.490 e. The fourth-order valence-corrected chi connectivity index (χ4v) is 2.74. The Morgan fingerprint density at radius 3 is 2.70 bits per heavy atom. The Balaban J connectivity index is 2.04. The molecule has 2 aromatic heterocycles. The predicted octanol–water partition coefficient (Wildman–Crippen LogP) is 2.85. The Morgan fingerprint density at radius 2 is 2.04 bits per heavy atom.